The number of nitrogens with one attached hydrogen (secondary N) is 2. The summed E-state index contributed by atoms with van der Waals surface area (Å²) in [5.41, 5.74) is 0. The van der Waals surface area contributed by atoms with Crippen LogP contribution < -0.4 is 10.6 Å². The van der Waals surface area contributed by atoms with E-state index in [2.05, 4.69) is 15.6 Å². The molecule has 1 aromatic rings. The van der Waals surface area contributed by atoms with Crippen molar-refractivity contribution in [3.05, 3.63) is 15.5 Å². The fourth-order valence-electron chi connectivity index (χ4n) is 1.44. The van der Waals surface area contributed by atoms with Crippen molar-refractivity contribution in [2.24, 2.45) is 0 Å². The fourth-order valence-corrected chi connectivity index (χ4v) is 2.37. The van der Waals surface area contributed by atoms with Crippen molar-refractivity contribution in [3.63, 3.8) is 0 Å². The zero-order valence-electron chi connectivity index (χ0n) is 7.22. The molecule has 0 unspecified atom stereocenters. The standard InChI is InChI=1S/C8H12ClN3S/c9-8-12-5-7(13-8)4-11-6-1-2-10-3-6/h5-6,10-11H,1-4H2/t6-/m1/s1. The highest BCUT2D eigenvalue weighted by molar-refractivity contribution is 7.15. The van der Waals surface area contributed by atoms with Crippen LogP contribution in [0.1, 0.15) is 11.3 Å². The van der Waals surface area contributed by atoms with E-state index in [9.17, 15) is 0 Å². The van der Waals surface area contributed by atoms with Crippen LogP contribution in [0.2, 0.25) is 4.47 Å². The van der Waals surface area contributed by atoms with Crippen LogP contribution >= 0.6 is 22.9 Å². The van der Waals surface area contributed by atoms with Crippen molar-refractivity contribution < 1.29 is 0 Å². The lowest BCUT2D eigenvalue weighted by atomic mass is 10.2. The second-order valence-electron chi connectivity index (χ2n) is 3.15. The number of nitrogens with zero attached hydrogens (tertiary/aromatic N) is 1. The zero-order chi connectivity index (χ0) is 9.10. The third-order valence-corrected chi connectivity index (χ3v) is 3.27. The largest absolute Gasteiger partial charge is 0.315 e. The number of rotatable bonds is 3. The van der Waals surface area contributed by atoms with E-state index < -0.39 is 0 Å². The Kier molecular flexibility index (Phi) is 3.16. The summed E-state index contributed by atoms with van der Waals surface area (Å²) in [7, 11) is 0. The van der Waals surface area contributed by atoms with Crippen molar-refractivity contribution >= 4 is 22.9 Å². The van der Waals surface area contributed by atoms with E-state index in [-0.39, 0.29) is 0 Å². The van der Waals surface area contributed by atoms with Crippen molar-refractivity contribution in [2.45, 2.75) is 19.0 Å². The van der Waals surface area contributed by atoms with Gasteiger partial charge in [0.1, 0.15) is 0 Å². The van der Waals surface area contributed by atoms with E-state index in [1.165, 1.54) is 11.3 Å². The molecule has 0 spiro atoms. The molecule has 3 nitrogen and oxygen atoms in total. The fraction of sp³-hybridized carbons (Fsp3) is 0.625. The van der Waals surface area contributed by atoms with Gasteiger partial charge in [0.05, 0.1) is 0 Å². The minimum Gasteiger partial charge on any atom is -0.315 e. The van der Waals surface area contributed by atoms with Crippen LogP contribution in [0.15, 0.2) is 6.20 Å². The Hall–Kier alpha value is -0.160. The zero-order valence-corrected chi connectivity index (χ0v) is 8.79. The molecule has 0 bridgehead atoms. The molecule has 13 heavy (non-hydrogen) atoms. The first-order chi connectivity index (χ1) is 6.34. The maximum atomic E-state index is 5.72. The molecule has 1 atom stereocenters. The normalized spacial score (nSPS) is 22.4. The van der Waals surface area contributed by atoms with Gasteiger partial charge in [-0.25, -0.2) is 4.98 Å². The quantitative estimate of drug-likeness (QED) is 0.800. The topological polar surface area (TPSA) is 37.0 Å². The predicted molar refractivity (Wildman–Crippen MR) is 55.2 cm³/mol. The third-order valence-electron chi connectivity index (χ3n) is 2.15. The molecule has 2 N–H and O–H groups in total. The minimum absolute atomic E-state index is 0.612. The Morgan fingerprint density at radius 2 is 2.69 bits per heavy atom. The molecule has 1 saturated heterocycles. The van der Waals surface area contributed by atoms with Gasteiger partial charge >= 0.3 is 0 Å². The molecule has 0 aromatic carbocycles. The van der Waals surface area contributed by atoms with Crippen LogP contribution in [0.5, 0.6) is 0 Å². The number of hydrogen-bond donors (Lipinski definition) is 2. The lowest BCUT2D eigenvalue weighted by Crippen LogP contribution is -2.30. The Morgan fingerprint density at radius 1 is 1.77 bits per heavy atom. The van der Waals surface area contributed by atoms with Crippen LogP contribution in [0.4, 0.5) is 0 Å². The smallest absolute Gasteiger partial charge is 0.183 e. The van der Waals surface area contributed by atoms with Gasteiger partial charge in [-0.05, 0) is 13.0 Å². The highest BCUT2D eigenvalue weighted by Crippen LogP contribution is 2.17. The summed E-state index contributed by atoms with van der Waals surface area (Å²) >= 11 is 7.27. The first-order valence-corrected chi connectivity index (χ1v) is 5.58. The summed E-state index contributed by atoms with van der Waals surface area (Å²) in [4.78, 5) is 5.20. The monoisotopic (exact) mass is 217 g/mol. The molecule has 0 saturated carbocycles. The second-order valence-corrected chi connectivity index (χ2v) is 4.85. The van der Waals surface area contributed by atoms with E-state index in [4.69, 9.17) is 11.6 Å². The number of halogens is 1. The molecule has 1 aliphatic rings. The van der Waals surface area contributed by atoms with E-state index in [0.29, 0.717) is 10.5 Å². The van der Waals surface area contributed by atoms with E-state index in [1.54, 1.807) is 11.3 Å². The Labute approximate surface area is 86.5 Å². The molecule has 5 heteroatoms. The lowest BCUT2D eigenvalue weighted by Gasteiger charge is -2.08. The van der Waals surface area contributed by atoms with Crippen LogP contribution in [0.3, 0.4) is 0 Å². The lowest BCUT2D eigenvalue weighted by molar-refractivity contribution is 0.550. The first-order valence-electron chi connectivity index (χ1n) is 4.39. The number of thiazole rings is 1. The van der Waals surface area contributed by atoms with Gasteiger partial charge in [0.25, 0.3) is 0 Å². The van der Waals surface area contributed by atoms with Gasteiger partial charge in [-0.15, -0.1) is 11.3 Å². The summed E-state index contributed by atoms with van der Waals surface area (Å²) in [5.74, 6) is 0. The van der Waals surface area contributed by atoms with Crippen molar-refractivity contribution in [1.29, 1.82) is 0 Å². The average molecular weight is 218 g/mol. The molecule has 2 heterocycles. The van der Waals surface area contributed by atoms with Crippen molar-refractivity contribution in [1.82, 2.24) is 15.6 Å². The van der Waals surface area contributed by atoms with Crippen LogP contribution in [-0.4, -0.2) is 24.1 Å². The van der Waals surface area contributed by atoms with Gasteiger partial charge in [-0.1, -0.05) is 11.6 Å². The summed E-state index contributed by atoms with van der Waals surface area (Å²) in [6, 6.07) is 0.612. The number of aromatic nitrogens is 1. The first kappa shape index (κ1) is 9.40. The third kappa shape index (κ3) is 2.64. The predicted octanol–water partition coefficient (Wildman–Crippen LogP) is 1.25. The van der Waals surface area contributed by atoms with Crippen LogP contribution in [0, 0.1) is 0 Å². The molecule has 0 radical (unpaired) electrons. The van der Waals surface area contributed by atoms with Crippen molar-refractivity contribution in [2.75, 3.05) is 13.1 Å². The van der Waals surface area contributed by atoms with Gasteiger partial charge in [0, 0.05) is 30.2 Å². The Bertz CT molecular complexity index is 270. The Balaban J connectivity index is 1.78. The molecule has 2 rings (SSSR count). The van der Waals surface area contributed by atoms with E-state index in [0.717, 1.165) is 19.6 Å². The van der Waals surface area contributed by atoms with Gasteiger partial charge in [-0.3, -0.25) is 0 Å². The van der Waals surface area contributed by atoms with Gasteiger partial charge < -0.3 is 10.6 Å². The van der Waals surface area contributed by atoms with Crippen LogP contribution in [-0.2, 0) is 6.54 Å². The summed E-state index contributed by atoms with van der Waals surface area (Å²) < 4.78 is 0.626. The maximum absolute atomic E-state index is 5.72. The molecule has 0 aliphatic carbocycles. The summed E-state index contributed by atoms with van der Waals surface area (Å²) in [6.07, 6.45) is 3.05. The molecule has 1 aliphatic heterocycles. The molecular weight excluding hydrogens is 206 g/mol. The van der Waals surface area contributed by atoms with Gasteiger partial charge in [0.15, 0.2) is 4.47 Å². The summed E-state index contributed by atoms with van der Waals surface area (Å²) in [6.45, 7) is 3.09. The van der Waals surface area contributed by atoms with Crippen LogP contribution in [0.25, 0.3) is 0 Å². The number of hydrogen-bond acceptors (Lipinski definition) is 4. The molecule has 0 amide bonds. The van der Waals surface area contributed by atoms with E-state index in [1.807, 2.05) is 6.20 Å². The van der Waals surface area contributed by atoms with E-state index >= 15 is 0 Å². The molecule has 1 fully saturated rings. The highest BCUT2D eigenvalue weighted by Gasteiger charge is 2.13. The Morgan fingerprint density at radius 3 is 3.31 bits per heavy atom. The average Bonchev–Trinajstić information content (AvgIpc) is 2.71. The maximum Gasteiger partial charge on any atom is 0.183 e. The SMILES string of the molecule is Clc1ncc(CN[C@@H]2CCNC2)s1. The molecule has 72 valence electrons. The summed E-state index contributed by atoms with van der Waals surface area (Å²) in [5, 5.41) is 6.77. The van der Waals surface area contributed by atoms with Gasteiger partial charge in [0.2, 0.25) is 0 Å². The highest BCUT2D eigenvalue weighted by atomic mass is 35.5. The molecular formula is C8H12ClN3S. The second kappa shape index (κ2) is 4.37. The minimum atomic E-state index is 0.612. The van der Waals surface area contributed by atoms with Gasteiger partial charge in [-0.2, -0.15) is 0 Å². The van der Waals surface area contributed by atoms with Crippen molar-refractivity contribution in [3.8, 4) is 0 Å². The molecule has 1 aromatic heterocycles.